The minimum Gasteiger partial charge on any atom is -0.481 e. The lowest BCUT2D eigenvalue weighted by Crippen LogP contribution is -2.39. The Morgan fingerprint density at radius 1 is 1.36 bits per heavy atom. The van der Waals surface area contributed by atoms with E-state index in [2.05, 4.69) is 5.32 Å². The van der Waals surface area contributed by atoms with E-state index < -0.39 is 17.3 Å². The molecule has 0 unspecified atom stereocenters. The van der Waals surface area contributed by atoms with Gasteiger partial charge in [-0.15, -0.1) is 0 Å². The predicted molar refractivity (Wildman–Crippen MR) is 79.4 cm³/mol. The number of benzene rings is 1. The van der Waals surface area contributed by atoms with Crippen molar-refractivity contribution in [1.82, 2.24) is 4.90 Å². The van der Waals surface area contributed by atoms with Crippen LogP contribution in [0.1, 0.15) is 31.2 Å². The van der Waals surface area contributed by atoms with Crippen LogP contribution in [0, 0.1) is 5.41 Å². The van der Waals surface area contributed by atoms with Crippen LogP contribution < -0.4 is 5.32 Å². The Bertz CT molecular complexity index is 657. The number of likely N-dealkylation sites (tertiary alicyclic amines) is 1. The van der Waals surface area contributed by atoms with Crippen LogP contribution in [0.3, 0.4) is 0 Å². The zero-order chi connectivity index (χ0) is 15.9. The van der Waals surface area contributed by atoms with Gasteiger partial charge >= 0.3 is 5.97 Å². The maximum atomic E-state index is 12.8. The Morgan fingerprint density at radius 3 is 2.77 bits per heavy atom. The SMILES string of the molecule is C[C@@]1(C(=O)O)CCN(C(=O)[C@H]2CC(=O)Nc3ccccc32)C1. The summed E-state index contributed by atoms with van der Waals surface area (Å²) in [5.41, 5.74) is 0.569. The van der Waals surface area contributed by atoms with Crippen LogP contribution in [0.15, 0.2) is 24.3 Å². The Labute approximate surface area is 128 Å². The first-order valence-corrected chi connectivity index (χ1v) is 7.32. The third-order valence-corrected chi connectivity index (χ3v) is 4.60. The number of aliphatic carboxylic acids is 1. The number of rotatable bonds is 2. The number of amides is 2. The number of carboxylic acid groups (broad SMARTS) is 1. The summed E-state index contributed by atoms with van der Waals surface area (Å²) in [4.78, 5) is 37.5. The minimum absolute atomic E-state index is 0.107. The van der Waals surface area contributed by atoms with Crippen LogP contribution in [-0.2, 0) is 14.4 Å². The van der Waals surface area contributed by atoms with E-state index in [0.717, 1.165) is 5.56 Å². The highest BCUT2D eigenvalue weighted by molar-refractivity contribution is 6.01. The quantitative estimate of drug-likeness (QED) is 0.865. The molecule has 0 spiro atoms. The van der Waals surface area contributed by atoms with Gasteiger partial charge in [0.2, 0.25) is 11.8 Å². The van der Waals surface area contributed by atoms with Crippen LogP contribution in [-0.4, -0.2) is 40.9 Å². The van der Waals surface area contributed by atoms with Crippen LogP contribution in [0.25, 0.3) is 0 Å². The molecule has 0 aromatic heterocycles. The molecule has 6 heteroatoms. The highest BCUT2D eigenvalue weighted by Gasteiger charge is 2.44. The standard InChI is InChI=1S/C16H18N2O4/c1-16(15(21)22)6-7-18(9-16)14(20)11-8-13(19)17-12-5-3-2-4-10(11)12/h2-5,11H,6-9H2,1H3,(H,17,19)(H,21,22)/t11-,16+/m0/s1. The van der Waals surface area contributed by atoms with Crippen molar-refractivity contribution in [3.05, 3.63) is 29.8 Å². The summed E-state index contributed by atoms with van der Waals surface area (Å²) in [6.45, 7) is 2.27. The Morgan fingerprint density at radius 2 is 2.09 bits per heavy atom. The summed E-state index contributed by atoms with van der Waals surface area (Å²) in [5, 5.41) is 12.0. The van der Waals surface area contributed by atoms with Crippen molar-refractivity contribution in [2.24, 2.45) is 5.41 Å². The fourth-order valence-corrected chi connectivity index (χ4v) is 3.18. The summed E-state index contributed by atoms with van der Waals surface area (Å²) >= 11 is 0. The number of hydrogen-bond donors (Lipinski definition) is 2. The molecule has 2 N–H and O–H groups in total. The number of carbonyl (C=O) groups is 3. The Balaban J connectivity index is 1.85. The van der Waals surface area contributed by atoms with Gasteiger partial charge in [0.05, 0.1) is 11.3 Å². The van der Waals surface area contributed by atoms with Gasteiger partial charge in [0.25, 0.3) is 0 Å². The van der Waals surface area contributed by atoms with Gasteiger partial charge in [0.15, 0.2) is 0 Å². The largest absolute Gasteiger partial charge is 0.481 e. The number of para-hydroxylation sites is 1. The van der Waals surface area contributed by atoms with Gasteiger partial charge in [0.1, 0.15) is 0 Å². The van der Waals surface area contributed by atoms with Gasteiger partial charge in [0, 0.05) is 25.2 Å². The monoisotopic (exact) mass is 302 g/mol. The summed E-state index contributed by atoms with van der Waals surface area (Å²) in [6, 6.07) is 7.26. The maximum absolute atomic E-state index is 12.8. The first-order chi connectivity index (χ1) is 10.4. The number of hydrogen-bond acceptors (Lipinski definition) is 3. The van der Waals surface area contributed by atoms with Crippen LogP contribution in [0.2, 0.25) is 0 Å². The maximum Gasteiger partial charge on any atom is 0.311 e. The van der Waals surface area contributed by atoms with Crippen LogP contribution >= 0.6 is 0 Å². The number of nitrogens with one attached hydrogen (secondary N) is 1. The zero-order valence-corrected chi connectivity index (χ0v) is 12.3. The molecular formula is C16H18N2O4. The van der Waals surface area contributed by atoms with E-state index in [-0.39, 0.29) is 24.8 Å². The van der Waals surface area contributed by atoms with Crippen molar-refractivity contribution in [3.63, 3.8) is 0 Å². The molecule has 2 heterocycles. The Hall–Kier alpha value is -2.37. The molecule has 6 nitrogen and oxygen atoms in total. The normalized spacial score (nSPS) is 27.2. The molecule has 1 fully saturated rings. The molecule has 0 bridgehead atoms. The number of carbonyl (C=O) groups excluding carboxylic acids is 2. The van der Waals surface area contributed by atoms with Gasteiger partial charge < -0.3 is 15.3 Å². The fourth-order valence-electron chi connectivity index (χ4n) is 3.18. The van der Waals surface area contributed by atoms with Crippen LogP contribution in [0.4, 0.5) is 5.69 Å². The first kappa shape index (κ1) is 14.6. The van der Waals surface area contributed by atoms with Gasteiger partial charge in [-0.05, 0) is 25.0 Å². The molecule has 3 rings (SSSR count). The third kappa shape index (κ3) is 2.34. The summed E-state index contributed by atoms with van der Waals surface area (Å²) in [6.07, 6.45) is 0.546. The molecule has 2 aliphatic rings. The van der Waals surface area contributed by atoms with Gasteiger partial charge in [-0.3, -0.25) is 14.4 Å². The van der Waals surface area contributed by atoms with Crippen molar-refractivity contribution in [2.45, 2.75) is 25.7 Å². The molecule has 1 aromatic carbocycles. The second-order valence-electron chi connectivity index (χ2n) is 6.27. The van der Waals surface area contributed by atoms with E-state index >= 15 is 0 Å². The van der Waals surface area contributed by atoms with Gasteiger partial charge in [-0.2, -0.15) is 0 Å². The number of anilines is 1. The topological polar surface area (TPSA) is 86.7 Å². The lowest BCUT2D eigenvalue weighted by Gasteiger charge is -2.29. The highest BCUT2D eigenvalue weighted by atomic mass is 16.4. The molecule has 0 saturated carbocycles. The molecule has 0 aliphatic carbocycles. The minimum atomic E-state index is -0.897. The molecule has 2 aliphatic heterocycles. The van der Waals surface area contributed by atoms with E-state index in [1.165, 1.54) is 0 Å². The van der Waals surface area contributed by atoms with E-state index in [1.807, 2.05) is 18.2 Å². The number of fused-ring (bicyclic) bond motifs is 1. The van der Waals surface area contributed by atoms with Gasteiger partial charge in [-0.1, -0.05) is 18.2 Å². The van der Waals surface area contributed by atoms with Crippen molar-refractivity contribution >= 4 is 23.5 Å². The number of carboxylic acids is 1. The average Bonchev–Trinajstić information content (AvgIpc) is 2.89. The second kappa shape index (κ2) is 5.12. The van der Waals surface area contributed by atoms with E-state index in [0.29, 0.717) is 18.7 Å². The molecule has 0 radical (unpaired) electrons. The molecule has 1 aromatic rings. The van der Waals surface area contributed by atoms with Crippen LogP contribution in [0.5, 0.6) is 0 Å². The first-order valence-electron chi connectivity index (χ1n) is 7.32. The van der Waals surface area contributed by atoms with Gasteiger partial charge in [-0.25, -0.2) is 0 Å². The van der Waals surface area contributed by atoms with Crippen molar-refractivity contribution in [3.8, 4) is 0 Å². The molecule has 116 valence electrons. The molecule has 1 saturated heterocycles. The predicted octanol–water partition coefficient (Wildman–Crippen LogP) is 1.44. The van der Waals surface area contributed by atoms with Crippen molar-refractivity contribution in [2.75, 3.05) is 18.4 Å². The lowest BCUT2D eigenvalue weighted by atomic mass is 9.88. The zero-order valence-electron chi connectivity index (χ0n) is 12.3. The average molecular weight is 302 g/mol. The lowest BCUT2D eigenvalue weighted by molar-refractivity contribution is -0.147. The molecular weight excluding hydrogens is 284 g/mol. The molecule has 22 heavy (non-hydrogen) atoms. The molecule has 2 amide bonds. The molecule has 2 atom stereocenters. The summed E-state index contributed by atoms with van der Waals surface area (Å²) < 4.78 is 0. The van der Waals surface area contributed by atoms with E-state index in [9.17, 15) is 19.5 Å². The van der Waals surface area contributed by atoms with Crippen molar-refractivity contribution < 1.29 is 19.5 Å². The summed E-state index contributed by atoms with van der Waals surface area (Å²) in [7, 11) is 0. The van der Waals surface area contributed by atoms with E-state index in [4.69, 9.17) is 0 Å². The summed E-state index contributed by atoms with van der Waals surface area (Å²) in [5.74, 6) is -1.75. The fraction of sp³-hybridized carbons (Fsp3) is 0.438. The smallest absolute Gasteiger partial charge is 0.311 e. The third-order valence-electron chi connectivity index (χ3n) is 4.60. The number of nitrogens with zero attached hydrogens (tertiary/aromatic N) is 1. The van der Waals surface area contributed by atoms with E-state index in [1.54, 1.807) is 17.9 Å². The second-order valence-corrected chi connectivity index (χ2v) is 6.27. The van der Waals surface area contributed by atoms with Crippen molar-refractivity contribution in [1.29, 1.82) is 0 Å². The highest BCUT2D eigenvalue weighted by Crippen LogP contribution is 2.37. The Kier molecular flexibility index (Phi) is 3.39.